The van der Waals surface area contributed by atoms with Crippen LogP contribution in [0.4, 0.5) is 5.95 Å². The van der Waals surface area contributed by atoms with Gasteiger partial charge in [0, 0.05) is 32.8 Å². The number of hydrogen-bond donors (Lipinski definition) is 0. The van der Waals surface area contributed by atoms with Crippen molar-refractivity contribution < 1.29 is 13.2 Å². The maximum atomic E-state index is 11.9. The van der Waals surface area contributed by atoms with Crippen LogP contribution < -0.4 is 4.90 Å². The van der Waals surface area contributed by atoms with E-state index in [-0.39, 0.29) is 11.9 Å². The van der Waals surface area contributed by atoms with Gasteiger partial charge in [0.25, 0.3) is 0 Å². The first-order chi connectivity index (χ1) is 14.0. The summed E-state index contributed by atoms with van der Waals surface area (Å²) in [5.74, 6) is 3.35. The molecule has 7 nitrogen and oxygen atoms in total. The predicted molar refractivity (Wildman–Crippen MR) is 114 cm³/mol. The van der Waals surface area contributed by atoms with E-state index < -0.39 is 10.0 Å². The number of aromatic nitrogens is 2. The second-order valence-electron chi connectivity index (χ2n) is 8.51. The van der Waals surface area contributed by atoms with Gasteiger partial charge in [-0.2, -0.15) is 4.31 Å². The van der Waals surface area contributed by atoms with E-state index in [1.807, 2.05) is 0 Å². The van der Waals surface area contributed by atoms with Crippen molar-refractivity contribution in [3.63, 3.8) is 0 Å². The molecule has 0 unspecified atom stereocenters. The highest BCUT2D eigenvalue weighted by Crippen LogP contribution is 2.49. The van der Waals surface area contributed by atoms with Crippen molar-refractivity contribution in [2.24, 2.45) is 17.8 Å². The third-order valence-corrected chi connectivity index (χ3v) is 8.76. The smallest absolute Gasteiger partial charge is 0.225 e. The van der Waals surface area contributed by atoms with Crippen LogP contribution >= 0.6 is 11.6 Å². The zero-order valence-corrected chi connectivity index (χ0v) is 18.6. The van der Waals surface area contributed by atoms with Gasteiger partial charge in [0.05, 0.1) is 29.3 Å². The molecule has 1 saturated carbocycles. The molecule has 3 aliphatic rings. The first kappa shape index (κ1) is 21.3. The average Bonchev–Trinajstić information content (AvgIpc) is 3.34. The Morgan fingerprint density at radius 3 is 2.59 bits per heavy atom. The van der Waals surface area contributed by atoms with E-state index in [4.69, 9.17) is 16.3 Å². The highest BCUT2D eigenvalue weighted by molar-refractivity contribution is 7.89. The monoisotopic (exact) mass is 442 g/mol. The van der Waals surface area contributed by atoms with Crippen LogP contribution in [0.25, 0.3) is 0 Å². The largest absolute Gasteiger partial charge is 0.377 e. The summed E-state index contributed by atoms with van der Waals surface area (Å²) in [7, 11) is -3.08. The van der Waals surface area contributed by atoms with Crippen molar-refractivity contribution in [2.45, 2.75) is 45.1 Å². The lowest BCUT2D eigenvalue weighted by atomic mass is 9.90. The van der Waals surface area contributed by atoms with Crippen LogP contribution in [0.1, 0.15) is 39.0 Å². The molecule has 162 valence electrons. The fourth-order valence-electron chi connectivity index (χ4n) is 4.83. The summed E-state index contributed by atoms with van der Waals surface area (Å²) in [4.78, 5) is 10.9. The van der Waals surface area contributed by atoms with Gasteiger partial charge in [-0.15, -0.1) is 0 Å². The molecule has 2 aliphatic heterocycles. The molecule has 0 radical (unpaired) electrons. The Labute approximate surface area is 178 Å². The molecule has 0 amide bonds. The minimum atomic E-state index is -3.08. The molecule has 0 aromatic carbocycles. The molecule has 2 saturated heterocycles. The van der Waals surface area contributed by atoms with Crippen molar-refractivity contribution in [1.82, 2.24) is 14.3 Å². The molecule has 1 aromatic rings. The molecule has 0 N–H and O–H groups in total. The molecule has 29 heavy (non-hydrogen) atoms. The first-order valence-corrected chi connectivity index (χ1v) is 12.8. The number of anilines is 1. The minimum Gasteiger partial charge on any atom is -0.377 e. The molecule has 3 heterocycles. The summed E-state index contributed by atoms with van der Waals surface area (Å²) in [5, 5.41) is 0.573. The van der Waals surface area contributed by atoms with Gasteiger partial charge in [0.2, 0.25) is 16.0 Å². The Balaban J connectivity index is 1.13. The van der Waals surface area contributed by atoms with Gasteiger partial charge in [-0.05, 0) is 56.8 Å². The Morgan fingerprint density at radius 1 is 1.17 bits per heavy atom. The van der Waals surface area contributed by atoms with Crippen LogP contribution in [-0.2, 0) is 14.8 Å². The molecular weight excluding hydrogens is 412 g/mol. The van der Waals surface area contributed by atoms with Gasteiger partial charge in [0.15, 0.2) is 0 Å². The van der Waals surface area contributed by atoms with Crippen molar-refractivity contribution >= 4 is 27.6 Å². The van der Waals surface area contributed by atoms with E-state index in [2.05, 4.69) is 14.9 Å². The number of nitrogens with zero attached hydrogens (tertiary/aromatic N) is 4. The fourth-order valence-corrected chi connectivity index (χ4v) is 6.07. The maximum Gasteiger partial charge on any atom is 0.225 e. The topological polar surface area (TPSA) is 75.6 Å². The lowest BCUT2D eigenvalue weighted by molar-refractivity contribution is 0.0582. The average molecular weight is 443 g/mol. The number of hydrogen-bond acceptors (Lipinski definition) is 6. The molecule has 3 atom stereocenters. The van der Waals surface area contributed by atoms with Gasteiger partial charge in [-0.25, -0.2) is 18.4 Å². The van der Waals surface area contributed by atoms with E-state index in [9.17, 15) is 8.42 Å². The molecule has 3 fully saturated rings. The Bertz CT molecular complexity index is 783. The summed E-state index contributed by atoms with van der Waals surface area (Å²) in [6.45, 7) is 5.59. The zero-order valence-electron chi connectivity index (χ0n) is 17.0. The predicted octanol–water partition coefficient (Wildman–Crippen LogP) is 2.81. The number of ether oxygens (including phenoxy) is 1. The number of piperidine rings is 1. The Kier molecular flexibility index (Phi) is 6.63. The van der Waals surface area contributed by atoms with E-state index in [0.29, 0.717) is 18.1 Å². The highest BCUT2D eigenvalue weighted by atomic mass is 35.5. The van der Waals surface area contributed by atoms with Crippen LogP contribution in [-0.4, -0.2) is 67.3 Å². The quantitative estimate of drug-likeness (QED) is 0.616. The highest BCUT2D eigenvalue weighted by Gasteiger charge is 2.43. The maximum absolute atomic E-state index is 11.9. The van der Waals surface area contributed by atoms with Crippen molar-refractivity contribution in [2.75, 3.05) is 43.4 Å². The molecule has 1 aromatic heterocycles. The normalized spacial score (nSPS) is 28.8. The van der Waals surface area contributed by atoms with Crippen molar-refractivity contribution in [1.29, 1.82) is 0 Å². The molecule has 0 bridgehead atoms. The SMILES string of the molecule is CCS(=O)(=O)N1CC[C@H](OCC[C@@H]2C[C@@H]2C2CCN(c3ncc(Cl)cn3)CC2)C1. The molecular formula is C20H31ClN4O3S. The summed E-state index contributed by atoms with van der Waals surface area (Å²) >= 11 is 5.87. The summed E-state index contributed by atoms with van der Waals surface area (Å²) in [5.41, 5.74) is 0. The molecule has 9 heteroatoms. The summed E-state index contributed by atoms with van der Waals surface area (Å²) in [6.07, 6.45) is 9.01. The van der Waals surface area contributed by atoms with Gasteiger partial charge < -0.3 is 9.64 Å². The van der Waals surface area contributed by atoms with E-state index in [1.165, 1.54) is 19.3 Å². The lowest BCUT2D eigenvalue weighted by Crippen LogP contribution is -2.35. The lowest BCUT2D eigenvalue weighted by Gasteiger charge is -2.32. The number of rotatable bonds is 8. The summed E-state index contributed by atoms with van der Waals surface area (Å²) in [6, 6.07) is 0. The van der Waals surface area contributed by atoms with Crippen molar-refractivity contribution in [3.8, 4) is 0 Å². The zero-order chi connectivity index (χ0) is 20.4. The number of halogens is 1. The van der Waals surface area contributed by atoms with Crippen LogP contribution in [0, 0.1) is 17.8 Å². The van der Waals surface area contributed by atoms with Gasteiger partial charge in [-0.3, -0.25) is 0 Å². The Morgan fingerprint density at radius 2 is 1.90 bits per heavy atom. The van der Waals surface area contributed by atoms with Crippen molar-refractivity contribution in [3.05, 3.63) is 17.4 Å². The van der Waals surface area contributed by atoms with Gasteiger partial charge in [-0.1, -0.05) is 11.6 Å². The standard InChI is InChI=1S/C20H31ClN4O3S/c1-2-29(26,27)25-9-5-18(14-25)28-10-6-16-11-19(16)15-3-7-24(8-4-15)20-22-12-17(21)13-23-20/h12-13,15-16,18-19H,2-11,14H2,1H3/t16-,18+,19-/m1/s1. The van der Waals surface area contributed by atoms with Crippen LogP contribution in [0.15, 0.2) is 12.4 Å². The summed E-state index contributed by atoms with van der Waals surface area (Å²) < 4.78 is 31.5. The number of sulfonamides is 1. The van der Waals surface area contributed by atoms with E-state index >= 15 is 0 Å². The second kappa shape index (κ2) is 9.04. The second-order valence-corrected chi connectivity index (χ2v) is 11.2. The molecule has 4 rings (SSSR count). The van der Waals surface area contributed by atoms with Crippen LogP contribution in [0.2, 0.25) is 5.02 Å². The molecule has 0 spiro atoms. The van der Waals surface area contributed by atoms with E-state index in [0.717, 1.165) is 56.2 Å². The van der Waals surface area contributed by atoms with Crippen LogP contribution in [0.5, 0.6) is 0 Å². The van der Waals surface area contributed by atoms with Gasteiger partial charge in [0.1, 0.15) is 0 Å². The third-order valence-electron chi connectivity index (χ3n) is 6.72. The molecule has 1 aliphatic carbocycles. The fraction of sp³-hybridized carbons (Fsp3) is 0.800. The first-order valence-electron chi connectivity index (χ1n) is 10.8. The van der Waals surface area contributed by atoms with Crippen LogP contribution in [0.3, 0.4) is 0 Å². The Hall–Kier alpha value is -0.960. The van der Waals surface area contributed by atoms with Gasteiger partial charge >= 0.3 is 0 Å². The third kappa shape index (κ3) is 5.21. The van der Waals surface area contributed by atoms with E-state index in [1.54, 1.807) is 23.6 Å². The minimum absolute atomic E-state index is 0.0659.